The fourth-order valence-electron chi connectivity index (χ4n) is 2.14. The average molecular weight is 220 g/mol. The zero-order chi connectivity index (χ0) is 11.7. The van der Waals surface area contributed by atoms with Crippen LogP contribution in [0.25, 0.3) is 0 Å². The van der Waals surface area contributed by atoms with Crippen molar-refractivity contribution in [3.05, 3.63) is 11.9 Å². The van der Waals surface area contributed by atoms with Crippen molar-refractivity contribution in [3.63, 3.8) is 0 Å². The quantitative estimate of drug-likeness (QED) is 0.824. The van der Waals surface area contributed by atoms with Crippen molar-refractivity contribution in [2.45, 2.75) is 27.2 Å². The molecule has 2 unspecified atom stereocenters. The summed E-state index contributed by atoms with van der Waals surface area (Å²) >= 11 is 0. The molecule has 4 nitrogen and oxygen atoms in total. The van der Waals surface area contributed by atoms with Gasteiger partial charge in [0.1, 0.15) is 17.5 Å². The van der Waals surface area contributed by atoms with Gasteiger partial charge in [0.05, 0.1) is 0 Å². The number of nitrogens with zero attached hydrogens (tertiary/aromatic N) is 3. The molecule has 1 saturated heterocycles. The van der Waals surface area contributed by atoms with E-state index >= 15 is 0 Å². The third kappa shape index (κ3) is 2.10. The number of anilines is 2. The molecule has 1 aliphatic heterocycles. The summed E-state index contributed by atoms with van der Waals surface area (Å²) in [5.74, 6) is 3.85. The Hall–Kier alpha value is -1.32. The van der Waals surface area contributed by atoms with Crippen LogP contribution < -0.4 is 10.6 Å². The number of nitrogens with two attached hydrogens (primary N) is 1. The van der Waals surface area contributed by atoms with Crippen LogP contribution in [-0.4, -0.2) is 23.1 Å². The van der Waals surface area contributed by atoms with Crippen LogP contribution in [0.4, 0.5) is 11.6 Å². The van der Waals surface area contributed by atoms with Crippen molar-refractivity contribution in [1.29, 1.82) is 0 Å². The Morgan fingerprint density at radius 2 is 1.94 bits per heavy atom. The smallest absolute Gasteiger partial charge is 0.134 e. The molecule has 0 aliphatic carbocycles. The molecule has 2 atom stereocenters. The van der Waals surface area contributed by atoms with Crippen LogP contribution in [0.2, 0.25) is 0 Å². The van der Waals surface area contributed by atoms with Crippen LogP contribution >= 0.6 is 0 Å². The first-order valence-electron chi connectivity index (χ1n) is 5.98. The minimum Gasteiger partial charge on any atom is -0.384 e. The van der Waals surface area contributed by atoms with E-state index in [9.17, 15) is 0 Å². The summed E-state index contributed by atoms with van der Waals surface area (Å²) in [5, 5.41) is 0. The number of rotatable bonds is 2. The van der Waals surface area contributed by atoms with Gasteiger partial charge in [-0.15, -0.1) is 0 Å². The van der Waals surface area contributed by atoms with Crippen LogP contribution in [0.15, 0.2) is 6.07 Å². The van der Waals surface area contributed by atoms with Crippen molar-refractivity contribution >= 4 is 11.6 Å². The van der Waals surface area contributed by atoms with Gasteiger partial charge in [-0.05, 0) is 11.8 Å². The predicted molar refractivity (Wildman–Crippen MR) is 66.4 cm³/mol. The molecular formula is C12H20N4. The second-order valence-corrected chi connectivity index (χ2v) is 4.78. The Balaban J connectivity index is 2.24. The number of aryl methyl sites for hydroxylation is 1. The van der Waals surface area contributed by atoms with Crippen molar-refractivity contribution in [2.24, 2.45) is 11.8 Å². The van der Waals surface area contributed by atoms with Gasteiger partial charge in [0, 0.05) is 25.6 Å². The Labute approximate surface area is 96.9 Å². The fourth-order valence-corrected chi connectivity index (χ4v) is 2.14. The van der Waals surface area contributed by atoms with E-state index in [4.69, 9.17) is 5.73 Å². The maximum atomic E-state index is 5.79. The highest BCUT2D eigenvalue weighted by Gasteiger charge is 2.27. The number of hydrogen-bond acceptors (Lipinski definition) is 4. The summed E-state index contributed by atoms with van der Waals surface area (Å²) in [6, 6.07) is 1.88. The Bertz CT molecular complexity index is 367. The zero-order valence-electron chi connectivity index (χ0n) is 10.3. The van der Waals surface area contributed by atoms with E-state index < -0.39 is 0 Å². The second-order valence-electron chi connectivity index (χ2n) is 4.78. The van der Waals surface area contributed by atoms with Crippen LogP contribution in [0, 0.1) is 11.8 Å². The molecule has 0 aromatic carbocycles. The Morgan fingerprint density at radius 1 is 1.31 bits per heavy atom. The molecule has 2 N–H and O–H groups in total. The fraction of sp³-hybridized carbons (Fsp3) is 0.667. The van der Waals surface area contributed by atoms with Gasteiger partial charge in [-0.1, -0.05) is 20.8 Å². The summed E-state index contributed by atoms with van der Waals surface area (Å²) in [7, 11) is 0. The first-order valence-corrected chi connectivity index (χ1v) is 5.98. The first kappa shape index (κ1) is 11.2. The highest BCUT2D eigenvalue weighted by Crippen LogP contribution is 2.27. The van der Waals surface area contributed by atoms with Crippen molar-refractivity contribution in [1.82, 2.24) is 9.97 Å². The van der Waals surface area contributed by atoms with E-state index in [0.717, 1.165) is 43.0 Å². The normalized spacial score (nSPS) is 25.1. The molecular weight excluding hydrogens is 200 g/mol. The average Bonchev–Trinajstić information content (AvgIpc) is 2.58. The molecule has 0 spiro atoms. The third-order valence-corrected chi connectivity index (χ3v) is 3.41. The van der Waals surface area contributed by atoms with Gasteiger partial charge < -0.3 is 10.6 Å². The highest BCUT2D eigenvalue weighted by molar-refractivity contribution is 5.47. The Morgan fingerprint density at radius 3 is 2.50 bits per heavy atom. The molecule has 1 fully saturated rings. The van der Waals surface area contributed by atoms with E-state index in [-0.39, 0.29) is 0 Å². The lowest BCUT2D eigenvalue weighted by atomic mass is 10.0. The van der Waals surface area contributed by atoms with Crippen molar-refractivity contribution in [3.8, 4) is 0 Å². The minimum absolute atomic E-state index is 0.578. The number of hydrogen-bond donors (Lipinski definition) is 1. The molecule has 0 saturated carbocycles. The van der Waals surface area contributed by atoms with Crippen LogP contribution in [0.1, 0.15) is 26.6 Å². The van der Waals surface area contributed by atoms with Gasteiger partial charge >= 0.3 is 0 Å². The third-order valence-electron chi connectivity index (χ3n) is 3.41. The summed E-state index contributed by atoms with van der Waals surface area (Å²) in [5.41, 5.74) is 5.79. The minimum atomic E-state index is 0.578. The Kier molecular flexibility index (Phi) is 2.99. The lowest BCUT2D eigenvalue weighted by molar-refractivity contribution is 0.494. The summed E-state index contributed by atoms with van der Waals surface area (Å²) in [6.45, 7) is 8.77. The molecule has 2 rings (SSSR count). The topological polar surface area (TPSA) is 55.0 Å². The first-order chi connectivity index (χ1) is 7.60. The van der Waals surface area contributed by atoms with Crippen molar-refractivity contribution in [2.75, 3.05) is 23.7 Å². The zero-order valence-corrected chi connectivity index (χ0v) is 10.3. The van der Waals surface area contributed by atoms with Gasteiger partial charge in [-0.2, -0.15) is 0 Å². The van der Waals surface area contributed by atoms with E-state index in [0.29, 0.717) is 5.82 Å². The molecule has 2 heterocycles. The van der Waals surface area contributed by atoms with E-state index in [2.05, 4.69) is 28.7 Å². The van der Waals surface area contributed by atoms with Gasteiger partial charge in [0.15, 0.2) is 0 Å². The molecule has 1 aliphatic rings. The molecule has 1 aromatic rings. The van der Waals surface area contributed by atoms with Crippen LogP contribution in [-0.2, 0) is 6.42 Å². The monoisotopic (exact) mass is 220 g/mol. The molecule has 0 amide bonds. The summed E-state index contributed by atoms with van der Waals surface area (Å²) in [6.07, 6.45) is 0.830. The summed E-state index contributed by atoms with van der Waals surface area (Å²) < 4.78 is 0. The highest BCUT2D eigenvalue weighted by atomic mass is 15.2. The van der Waals surface area contributed by atoms with Gasteiger partial charge in [0.25, 0.3) is 0 Å². The molecule has 0 radical (unpaired) electrons. The second kappa shape index (κ2) is 4.28. The lowest BCUT2D eigenvalue weighted by Crippen LogP contribution is -2.21. The molecule has 0 bridgehead atoms. The molecule has 88 valence electrons. The number of nitrogen functional groups attached to an aromatic ring is 1. The van der Waals surface area contributed by atoms with Crippen molar-refractivity contribution < 1.29 is 0 Å². The van der Waals surface area contributed by atoms with Gasteiger partial charge in [-0.3, -0.25) is 0 Å². The predicted octanol–water partition coefficient (Wildman–Crippen LogP) is 1.71. The van der Waals surface area contributed by atoms with Gasteiger partial charge in [-0.25, -0.2) is 9.97 Å². The largest absolute Gasteiger partial charge is 0.384 e. The van der Waals surface area contributed by atoms with E-state index in [1.54, 1.807) is 0 Å². The van der Waals surface area contributed by atoms with E-state index in [1.807, 2.05) is 13.0 Å². The maximum Gasteiger partial charge on any atom is 0.134 e. The SMILES string of the molecule is CCc1nc(N)cc(N2CC(C)C(C)C2)n1. The number of aromatic nitrogens is 2. The molecule has 1 aromatic heterocycles. The summed E-state index contributed by atoms with van der Waals surface area (Å²) in [4.78, 5) is 11.1. The van der Waals surface area contributed by atoms with E-state index in [1.165, 1.54) is 0 Å². The van der Waals surface area contributed by atoms with Gasteiger partial charge in [0.2, 0.25) is 0 Å². The van der Waals surface area contributed by atoms with Crippen LogP contribution in [0.5, 0.6) is 0 Å². The lowest BCUT2D eigenvalue weighted by Gasteiger charge is -2.17. The maximum absolute atomic E-state index is 5.79. The molecule has 4 heteroatoms. The molecule has 16 heavy (non-hydrogen) atoms. The van der Waals surface area contributed by atoms with Crippen LogP contribution in [0.3, 0.4) is 0 Å². The standard InChI is InChI=1S/C12H20N4/c1-4-11-14-10(13)5-12(15-11)16-6-8(2)9(3)7-16/h5,8-9H,4,6-7H2,1-3H3,(H2,13,14,15).